The van der Waals surface area contributed by atoms with Gasteiger partial charge in [-0.1, -0.05) is 11.6 Å². The summed E-state index contributed by atoms with van der Waals surface area (Å²) in [6.45, 7) is 1.58. The van der Waals surface area contributed by atoms with E-state index in [0.29, 0.717) is 5.88 Å². The number of aromatic nitrogens is 1. The van der Waals surface area contributed by atoms with E-state index >= 15 is 0 Å². The molecule has 1 aromatic heterocycles. The van der Waals surface area contributed by atoms with Crippen molar-refractivity contribution in [3.63, 3.8) is 0 Å². The molecule has 0 N–H and O–H groups in total. The highest BCUT2D eigenvalue weighted by Crippen LogP contribution is 2.35. The molecular weight excluding hydrogens is 245 g/mol. The minimum absolute atomic E-state index is 0.0464. The maximum atomic E-state index is 6.12. The second-order valence-corrected chi connectivity index (χ2v) is 5.11. The monoisotopic (exact) mass is 259 g/mol. The summed E-state index contributed by atoms with van der Waals surface area (Å²) in [7, 11) is 0. The van der Waals surface area contributed by atoms with E-state index in [1.807, 2.05) is 6.07 Å². The van der Waals surface area contributed by atoms with Crippen molar-refractivity contribution in [2.75, 3.05) is 19.1 Å². The fourth-order valence-corrected chi connectivity index (χ4v) is 2.64. The zero-order chi connectivity index (χ0) is 11.4. The fraction of sp³-hybridized carbons (Fsp3) is 0.583. The summed E-state index contributed by atoms with van der Waals surface area (Å²) in [6, 6.07) is 1.96. The van der Waals surface area contributed by atoms with Crippen LogP contribution >= 0.6 is 23.2 Å². The molecule has 2 heterocycles. The van der Waals surface area contributed by atoms with E-state index in [2.05, 4.69) is 4.98 Å². The van der Waals surface area contributed by atoms with Crippen LogP contribution in [0.1, 0.15) is 18.4 Å². The van der Waals surface area contributed by atoms with Crippen LogP contribution in [0.3, 0.4) is 0 Å². The van der Waals surface area contributed by atoms with Crippen molar-refractivity contribution in [3.05, 3.63) is 29.0 Å². The van der Waals surface area contributed by atoms with E-state index < -0.39 is 0 Å². The Hall–Kier alpha value is -0.310. The number of halogens is 2. The van der Waals surface area contributed by atoms with Crippen LogP contribution in [0.2, 0.25) is 5.02 Å². The quantitative estimate of drug-likeness (QED) is 0.778. The third-order valence-corrected chi connectivity index (χ3v) is 4.02. The lowest BCUT2D eigenvalue weighted by molar-refractivity contribution is 0.00478. The molecule has 4 heteroatoms. The van der Waals surface area contributed by atoms with Gasteiger partial charge in [-0.2, -0.15) is 0 Å². The zero-order valence-electron chi connectivity index (χ0n) is 9.09. The average molecular weight is 260 g/mol. The topological polar surface area (TPSA) is 22.1 Å². The number of hydrogen-bond acceptors (Lipinski definition) is 2. The third kappa shape index (κ3) is 2.68. The van der Waals surface area contributed by atoms with Crippen LogP contribution in [0.5, 0.6) is 0 Å². The van der Waals surface area contributed by atoms with E-state index in [4.69, 9.17) is 27.9 Å². The molecule has 0 bridgehead atoms. The molecule has 2 nitrogen and oxygen atoms in total. The Morgan fingerprint density at radius 2 is 2.38 bits per heavy atom. The van der Waals surface area contributed by atoms with Crippen molar-refractivity contribution in [1.82, 2.24) is 4.98 Å². The Labute approximate surface area is 106 Å². The minimum atomic E-state index is 0.0464. The Balaban J connectivity index is 2.15. The van der Waals surface area contributed by atoms with Gasteiger partial charge in [-0.05, 0) is 30.9 Å². The van der Waals surface area contributed by atoms with E-state index in [-0.39, 0.29) is 5.41 Å². The molecule has 0 aliphatic carbocycles. The van der Waals surface area contributed by atoms with Crippen LogP contribution in [0.4, 0.5) is 0 Å². The molecule has 0 spiro atoms. The summed E-state index contributed by atoms with van der Waals surface area (Å²) < 4.78 is 5.55. The van der Waals surface area contributed by atoms with Gasteiger partial charge in [0.1, 0.15) is 0 Å². The molecule has 0 radical (unpaired) electrons. The van der Waals surface area contributed by atoms with Crippen LogP contribution in [-0.2, 0) is 11.2 Å². The summed E-state index contributed by atoms with van der Waals surface area (Å²) >= 11 is 12.2. The smallest absolute Gasteiger partial charge is 0.0621 e. The fourth-order valence-electron chi connectivity index (χ4n) is 2.15. The van der Waals surface area contributed by atoms with E-state index in [1.165, 1.54) is 0 Å². The summed E-state index contributed by atoms with van der Waals surface area (Å²) in [6.07, 6.45) is 6.51. The zero-order valence-corrected chi connectivity index (χ0v) is 10.6. The number of nitrogens with zero attached hydrogens (tertiary/aromatic N) is 1. The van der Waals surface area contributed by atoms with E-state index in [0.717, 1.165) is 43.1 Å². The second kappa shape index (κ2) is 5.35. The molecule has 1 aliphatic rings. The number of pyridine rings is 1. The Morgan fingerprint density at radius 1 is 1.50 bits per heavy atom. The van der Waals surface area contributed by atoms with Gasteiger partial charge in [0.05, 0.1) is 11.6 Å². The maximum absolute atomic E-state index is 6.12. The first-order chi connectivity index (χ1) is 7.76. The van der Waals surface area contributed by atoms with Crippen molar-refractivity contribution in [1.29, 1.82) is 0 Å². The lowest BCUT2D eigenvalue weighted by Crippen LogP contribution is -2.35. The number of alkyl halides is 1. The van der Waals surface area contributed by atoms with Gasteiger partial charge in [0.2, 0.25) is 0 Å². The van der Waals surface area contributed by atoms with E-state index in [1.54, 1.807) is 12.4 Å². The molecule has 1 unspecified atom stereocenters. The maximum Gasteiger partial charge on any atom is 0.0621 e. The molecule has 1 aromatic rings. The van der Waals surface area contributed by atoms with Crippen molar-refractivity contribution in [2.24, 2.45) is 5.41 Å². The molecule has 0 saturated carbocycles. The van der Waals surface area contributed by atoms with Crippen molar-refractivity contribution < 1.29 is 4.74 Å². The minimum Gasteiger partial charge on any atom is -0.381 e. The molecule has 2 rings (SSSR count). The highest BCUT2D eigenvalue weighted by Gasteiger charge is 2.32. The molecule has 1 fully saturated rings. The predicted octanol–water partition coefficient (Wildman–Crippen LogP) is 3.31. The van der Waals surface area contributed by atoms with Crippen molar-refractivity contribution in [3.8, 4) is 0 Å². The normalized spacial score (nSPS) is 25.6. The molecule has 1 saturated heterocycles. The van der Waals surface area contributed by atoms with Crippen LogP contribution in [0.15, 0.2) is 18.5 Å². The standard InChI is InChI=1S/C12H15Cl2NO/c13-8-12(3-1-5-16-9-12)6-10-2-4-15-7-11(10)14/h2,4,7H,1,3,5-6,8-9H2. The predicted molar refractivity (Wildman–Crippen MR) is 66.2 cm³/mol. The Bertz CT molecular complexity index is 351. The molecule has 0 amide bonds. The molecule has 1 aliphatic heterocycles. The largest absolute Gasteiger partial charge is 0.381 e. The summed E-state index contributed by atoms with van der Waals surface area (Å²) in [4.78, 5) is 3.99. The summed E-state index contributed by atoms with van der Waals surface area (Å²) in [5, 5.41) is 0.720. The van der Waals surface area contributed by atoms with Gasteiger partial charge in [-0.15, -0.1) is 11.6 Å². The Morgan fingerprint density at radius 3 is 3.00 bits per heavy atom. The van der Waals surface area contributed by atoms with Crippen LogP contribution in [-0.4, -0.2) is 24.1 Å². The molecule has 88 valence electrons. The van der Waals surface area contributed by atoms with Gasteiger partial charge in [0.25, 0.3) is 0 Å². The number of ether oxygens (including phenoxy) is 1. The van der Waals surface area contributed by atoms with Crippen LogP contribution in [0, 0.1) is 5.41 Å². The van der Waals surface area contributed by atoms with Gasteiger partial charge >= 0.3 is 0 Å². The first-order valence-corrected chi connectivity index (χ1v) is 6.39. The first kappa shape index (κ1) is 12.2. The lowest BCUT2D eigenvalue weighted by atomic mass is 9.79. The van der Waals surface area contributed by atoms with Crippen molar-refractivity contribution >= 4 is 23.2 Å². The highest BCUT2D eigenvalue weighted by molar-refractivity contribution is 6.31. The number of rotatable bonds is 3. The number of hydrogen-bond donors (Lipinski definition) is 0. The van der Waals surface area contributed by atoms with Gasteiger partial charge in [-0.25, -0.2) is 0 Å². The molecular formula is C12H15Cl2NO. The van der Waals surface area contributed by atoms with Gasteiger partial charge in [0.15, 0.2) is 0 Å². The second-order valence-electron chi connectivity index (χ2n) is 4.43. The van der Waals surface area contributed by atoms with Gasteiger partial charge < -0.3 is 4.74 Å². The van der Waals surface area contributed by atoms with Crippen LogP contribution < -0.4 is 0 Å². The average Bonchev–Trinajstić information content (AvgIpc) is 2.33. The molecule has 0 aromatic carbocycles. The molecule has 16 heavy (non-hydrogen) atoms. The lowest BCUT2D eigenvalue weighted by Gasteiger charge is -2.35. The summed E-state index contributed by atoms with van der Waals surface area (Å²) in [5.74, 6) is 0.617. The Kier molecular flexibility index (Phi) is 4.06. The van der Waals surface area contributed by atoms with Crippen LogP contribution in [0.25, 0.3) is 0 Å². The van der Waals surface area contributed by atoms with Crippen molar-refractivity contribution in [2.45, 2.75) is 19.3 Å². The van der Waals surface area contributed by atoms with E-state index in [9.17, 15) is 0 Å². The van der Waals surface area contributed by atoms with Gasteiger partial charge in [0, 0.05) is 30.3 Å². The summed E-state index contributed by atoms with van der Waals surface area (Å²) in [5.41, 5.74) is 1.16. The highest BCUT2D eigenvalue weighted by atomic mass is 35.5. The SMILES string of the molecule is ClCC1(Cc2ccncc2Cl)CCCOC1. The third-order valence-electron chi connectivity index (χ3n) is 3.11. The van der Waals surface area contributed by atoms with Gasteiger partial charge in [-0.3, -0.25) is 4.98 Å². The first-order valence-electron chi connectivity index (χ1n) is 5.48. The molecule has 1 atom stereocenters.